The number of hydrogen-bond donors (Lipinski definition) is 2. The smallest absolute Gasteiger partial charge is 0.225 e. The van der Waals surface area contributed by atoms with Gasteiger partial charge in [-0.05, 0) is 25.2 Å². The second kappa shape index (κ2) is 5.14. The summed E-state index contributed by atoms with van der Waals surface area (Å²) in [4.78, 5) is 22.7. The zero-order valence-electron chi connectivity index (χ0n) is 9.37. The minimum Gasteiger partial charge on any atom is -0.356 e. The monoisotopic (exact) mass is 222 g/mol. The molecule has 16 heavy (non-hydrogen) atoms. The molecule has 4 heteroatoms. The lowest BCUT2D eigenvalue weighted by Gasteiger charge is -2.19. The Hall–Kier alpha value is -1.32. The third-order valence-electron chi connectivity index (χ3n) is 3.29. The van der Waals surface area contributed by atoms with Crippen LogP contribution < -0.4 is 10.6 Å². The van der Waals surface area contributed by atoms with Gasteiger partial charge in [0.1, 0.15) is 0 Å². The van der Waals surface area contributed by atoms with Gasteiger partial charge in [0.25, 0.3) is 0 Å². The van der Waals surface area contributed by atoms with Crippen LogP contribution in [0.2, 0.25) is 0 Å². The molecule has 1 saturated heterocycles. The summed E-state index contributed by atoms with van der Waals surface area (Å²) < 4.78 is 0. The Morgan fingerprint density at radius 1 is 1.50 bits per heavy atom. The lowest BCUT2D eigenvalue weighted by atomic mass is 9.94. The van der Waals surface area contributed by atoms with Gasteiger partial charge >= 0.3 is 0 Å². The molecule has 0 bridgehead atoms. The Morgan fingerprint density at radius 2 is 2.38 bits per heavy atom. The second-order valence-electron chi connectivity index (χ2n) is 4.60. The SMILES string of the molecule is O=C1CC(C(=O)NCC2CC=CCC2)CN1. The van der Waals surface area contributed by atoms with Crippen molar-refractivity contribution in [2.75, 3.05) is 13.1 Å². The normalized spacial score (nSPS) is 28.9. The lowest BCUT2D eigenvalue weighted by molar-refractivity contribution is -0.126. The summed E-state index contributed by atoms with van der Waals surface area (Å²) in [6, 6.07) is 0. The van der Waals surface area contributed by atoms with E-state index >= 15 is 0 Å². The first-order valence-corrected chi connectivity index (χ1v) is 5.95. The van der Waals surface area contributed by atoms with E-state index in [9.17, 15) is 9.59 Å². The molecule has 2 rings (SSSR count). The molecule has 1 fully saturated rings. The first-order chi connectivity index (χ1) is 7.75. The molecule has 2 atom stereocenters. The van der Waals surface area contributed by atoms with Gasteiger partial charge in [0, 0.05) is 19.5 Å². The van der Waals surface area contributed by atoms with Crippen LogP contribution in [0, 0.1) is 11.8 Å². The number of rotatable bonds is 3. The fourth-order valence-corrected chi connectivity index (χ4v) is 2.22. The van der Waals surface area contributed by atoms with Crippen LogP contribution in [0.5, 0.6) is 0 Å². The van der Waals surface area contributed by atoms with Crippen molar-refractivity contribution in [1.82, 2.24) is 10.6 Å². The standard InChI is InChI=1S/C12H18N2O2/c15-11-6-10(8-13-11)12(16)14-7-9-4-2-1-3-5-9/h1-2,9-10H,3-8H2,(H,13,15)(H,14,16). The van der Waals surface area contributed by atoms with Crippen LogP contribution >= 0.6 is 0 Å². The summed E-state index contributed by atoms with van der Waals surface area (Å²) in [5.74, 6) is 0.416. The largest absolute Gasteiger partial charge is 0.356 e. The van der Waals surface area contributed by atoms with Gasteiger partial charge < -0.3 is 10.6 Å². The van der Waals surface area contributed by atoms with Gasteiger partial charge in [-0.1, -0.05) is 12.2 Å². The van der Waals surface area contributed by atoms with E-state index in [2.05, 4.69) is 22.8 Å². The molecule has 1 heterocycles. The molecule has 1 aliphatic carbocycles. The number of carbonyl (C=O) groups excluding carboxylic acids is 2. The number of nitrogens with one attached hydrogen (secondary N) is 2. The molecule has 0 aromatic carbocycles. The molecule has 2 aliphatic rings. The Bertz CT molecular complexity index is 312. The van der Waals surface area contributed by atoms with Crippen molar-refractivity contribution < 1.29 is 9.59 Å². The van der Waals surface area contributed by atoms with Gasteiger partial charge in [-0.25, -0.2) is 0 Å². The van der Waals surface area contributed by atoms with Crippen molar-refractivity contribution in [3.8, 4) is 0 Å². The Kier molecular flexibility index (Phi) is 3.59. The predicted molar refractivity (Wildman–Crippen MR) is 60.6 cm³/mol. The van der Waals surface area contributed by atoms with Crippen LogP contribution in [-0.4, -0.2) is 24.9 Å². The van der Waals surface area contributed by atoms with Crippen LogP contribution in [0.1, 0.15) is 25.7 Å². The first-order valence-electron chi connectivity index (χ1n) is 5.95. The van der Waals surface area contributed by atoms with E-state index < -0.39 is 0 Å². The van der Waals surface area contributed by atoms with E-state index in [-0.39, 0.29) is 17.7 Å². The van der Waals surface area contributed by atoms with E-state index in [4.69, 9.17) is 0 Å². The van der Waals surface area contributed by atoms with Crippen LogP contribution in [0.3, 0.4) is 0 Å². The maximum absolute atomic E-state index is 11.7. The number of allylic oxidation sites excluding steroid dienone is 2. The zero-order chi connectivity index (χ0) is 11.4. The molecule has 4 nitrogen and oxygen atoms in total. The topological polar surface area (TPSA) is 58.2 Å². The van der Waals surface area contributed by atoms with Gasteiger partial charge in [-0.15, -0.1) is 0 Å². The third kappa shape index (κ3) is 2.84. The molecule has 2 amide bonds. The minimum atomic E-state index is -0.161. The van der Waals surface area contributed by atoms with Crippen molar-refractivity contribution in [2.45, 2.75) is 25.7 Å². The van der Waals surface area contributed by atoms with E-state index in [1.807, 2.05) is 0 Å². The summed E-state index contributed by atoms with van der Waals surface area (Å²) in [5.41, 5.74) is 0. The second-order valence-corrected chi connectivity index (χ2v) is 4.60. The van der Waals surface area contributed by atoms with Gasteiger partial charge in [0.15, 0.2) is 0 Å². The Morgan fingerprint density at radius 3 is 3.00 bits per heavy atom. The average Bonchev–Trinajstić information content (AvgIpc) is 2.74. The van der Waals surface area contributed by atoms with Crippen LogP contribution in [0.4, 0.5) is 0 Å². The summed E-state index contributed by atoms with van der Waals surface area (Å²) >= 11 is 0. The molecule has 0 saturated carbocycles. The van der Waals surface area contributed by atoms with Crippen LogP contribution in [-0.2, 0) is 9.59 Å². The van der Waals surface area contributed by atoms with Crippen molar-refractivity contribution in [1.29, 1.82) is 0 Å². The average molecular weight is 222 g/mol. The number of carbonyl (C=O) groups is 2. The fourth-order valence-electron chi connectivity index (χ4n) is 2.22. The van der Waals surface area contributed by atoms with Gasteiger partial charge in [0.05, 0.1) is 5.92 Å². The lowest BCUT2D eigenvalue weighted by Crippen LogP contribution is -2.35. The Labute approximate surface area is 95.5 Å². The van der Waals surface area contributed by atoms with E-state index in [1.54, 1.807) is 0 Å². The highest BCUT2D eigenvalue weighted by molar-refractivity contribution is 5.89. The summed E-state index contributed by atoms with van der Waals surface area (Å²) in [6.07, 6.45) is 8.04. The highest BCUT2D eigenvalue weighted by Gasteiger charge is 2.27. The number of amides is 2. The first kappa shape index (κ1) is 11.2. The molecular formula is C12H18N2O2. The highest BCUT2D eigenvalue weighted by atomic mass is 16.2. The van der Waals surface area contributed by atoms with Crippen LogP contribution in [0.15, 0.2) is 12.2 Å². The maximum atomic E-state index is 11.7. The molecule has 0 spiro atoms. The molecule has 0 aromatic heterocycles. The molecule has 2 unspecified atom stereocenters. The quantitative estimate of drug-likeness (QED) is 0.687. The third-order valence-corrected chi connectivity index (χ3v) is 3.29. The summed E-state index contributed by atoms with van der Waals surface area (Å²) in [5, 5.41) is 5.63. The molecule has 88 valence electrons. The van der Waals surface area contributed by atoms with Gasteiger partial charge in [-0.2, -0.15) is 0 Å². The van der Waals surface area contributed by atoms with E-state index in [1.165, 1.54) is 0 Å². The molecule has 2 N–H and O–H groups in total. The van der Waals surface area contributed by atoms with Gasteiger partial charge in [0.2, 0.25) is 11.8 Å². The summed E-state index contributed by atoms with van der Waals surface area (Å²) in [6.45, 7) is 1.24. The highest BCUT2D eigenvalue weighted by Crippen LogP contribution is 2.17. The number of hydrogen-bond acceptors (Lipinski definition) is 2. The molecule has 0 aromatic rings. The van der Waals surface area contributed by atoms with Gasteiger partial charge in [-0.3, -0.25) is 9.59 Å². The molecule has 0 radical (unpaired) electrons. The Balaban J connectivity index is 1.71. The van der Waals surface area contributed by atoms with E-state index in [0.29, 0.717) is 18.9 Å². The minimum absolute atomic E-state index is 0.0132. The van der Waals surface area contributed by atoms with E-state index in [0.717, 1.165) is 25.8 Å². The summed E-state index contributed by atoms with van der Waals surface area (Å²) in [7, 11) is 0. The predicted octanol–water partition coefficient (Wildman–Crippen LogP) is 0.595. The zero-order valence-corrected chi connectivity index (χ0v) is 9.37. The maximum Gasteiger partial charge on any atom is 0.225 e. The van der Waals surface area contributed by atoms with Crippen molar-refractivity contribution in [3.63, 3.8) is 0 Å². The van der Waals surface area contributed by atoms with Crippen molar-refractivity contribution in [2.24, 2.45) is 11.8 Å². The van der Waals surface area contributed by atoms with Crippen LogP contribution in [0.25, 0.3) is 0 Å². The fraction of sp³-hybridized carbons (Fsp3) is 0.667. The van der Waals surface area contributed by atoms with Crippen molar-refractivity contribution >= 4 is 11.8 Å². The van der Waals surface area contributed by atoms with Crippen molar-refractivity contribution in [3.05, 3.63) is 12.2 Å². The molecule has 1 aliphatic heterocycles. The molecular weight excluding hydrogens is 204 g/mol.